The normalized spacial score (nSPS) is 14.3. The van der Waals surface area contributed by atoms with E-state index in [9.17, 15) is 29.1 Å². The summed E-state index contributed by atoms with van der Waals surface area (Å²) in [6.45, 7) is 3.30. The number of nitrogens with one attached hydrogen (secondary N) is 3. The second-order valence-electron chi connectivity index (χ2n) is 8.28. The zero-order valence-corrected chi connectivity index (χ0v) is 20.3. The van der Waals surface area contributed by atoms with Crippen molar-refractivity contribution in [3.63, 3.8) is 0 Å². The lowest BCUT2D eigenvalue weighted by Gasteiger charge is -2.27. The van der Waals surface area contributed by atoms with E-state index in [1.807, 2.05) is 0 Å². The molecule has 194 valence electrons. The van der Waals surface area contributed by atoms with Crippen molar-refractivity contribution in [3.05, 3.63) is 29.8 Å². The van der Waals surface area contributed by atoms with Gasteiger partial charge in [-0.2, -0.15) is 12.6 Å². The summed E-state index contributed by atoms with van der Waals surface area (Å²) in [5, 5.41) is 34.8. The number of phenolic OH excluding ortho intramolecular Hbond substituents is 1. The number of benzene rings is 1. The van der Waals surface area contributed by atoms with E-state index < -0.39 is 59.7 Å². The molecule has 1 aromatic rings. The standard InChI is InChI=1S/C22H32N4O8S/c1-11(2)18(21(32)25-16(10-35)22(33)34)26-20(31)15(9-12-3-5-13(27)6-4-12)24-19(30)14(23)7-8-17(28)29/h3-6,11,14-16,18,27,35H,7-10,23H2,1-2H3,(H,24,30)(H,25,32)(H,26,31)(H,28,29)(H,33,34). The van der Waals surface area contributed by atoms with Crippen molar-refractivity contribution < 1.29 is 39.3 Å². The number of hydrogen-bond donors (Lipinski definition) is 8. The molecule has 8 N–H and O–H groups in total. The largest absolute Gasteiger partial charge is 0.508 e. The molecule has 0 saturated carbocycles. The molecule has 4 unspecified atom stereocenters. The summed E-state index contributed by atoms with van der Waals surface area (Å²) in [5.41, 5.74) is 6.33. The van der Waals surface area contributed by atoms with Crippen molar-refractivity contribution in [1.29, 1.82) is 0 Å². The number of thiol groups is 1. The fourth-order valence-corrected chi connectivity index (χ4v) is 3.25. The van der Waals surface area contributed by atoms with E-state index in [1.165, 1.54) is 12.1 Å². The predicted molar refractivity (Wildman–Crippen MR) is 129 cm³/mol. The molecule has 0 bridgehead atoms. The van der Waals surface area contributed by atoms with Gasteiger partial charge in [-0.15, -0.1) is 0 Å². The third kappa shape index (κ3) is 10.2. The van der Waals surface area contributed by atoms with Crippen LogP contribution < -0.4 is 21.7 Å². The van der Waals surface area contributed by atoms with Crippen LogP contribution in [0, 0.1) is 5.92 Å². The molecule has 1 aromatic carbocycles. The van der Waals surface area contributed by atoms with Gasteiger partial charge in [0.25, 0.3) is 0 Å². The summed E-state index contributed by atoms with van der Waals surface area (Å²) in [7, 11) is 0. The van der Waals surface area contributed by atoms with Gasteiger partial charge in [-0.3, -0.25) is 19.2 Å². The smallest absolute Gasteiger partial charge is 0.327 e. The Morgan fingerprint density at radius 3 is 1.97 bits per heavy atom. The number of carboxylic acid groups (broad SMARTS) is 2. The molecule has 0 heterocycles. The first-order valence-corrected chi connectivity index (χ1v) is 11.5. The first kappa shape index (κ1) is 29.7. The fourth-order valence-electron chi connectivity index (χ4n) is 3.00. The molecule has 0 aliphatic rings. The van der Waals surface area contributed by atoms with E-state index in [0.717, 1.165) is 0 Å². The second-order valence-corrected chi connectivity index (χ2v) is 8.65. The van der Waals surface area contributed by atoms with E-state index >= 15 is 0 Å². The molecule has 12 nitrogen and oxygen atoms in total. The quantitative estimate of drug-likeness (QED) is 0.147. The predicted octanol–water partition coefficient (Wildman–Crippen LogP) is -0.748. The second kappa shape index (κ2) is 14.2. The highest BCUT2D eigenvalue weighted by Crippen LogP contribution is 2.12. The van der Waals surface area contributed by atoms with E-state index in [-0.39, 0.29) is 30.8 Å². The van der Waals surface area contributed by atoms with Crippen LogP contribution in [0.4, 0.5) is 0 Å². The van der Waals surface area contributed by atoms with Crippen LogP contribution in [0.1, 0.15) is 32.3 Å². The number of rotatable bonds is 14. The Morgan fingerprint density at radius 2 is 1.49 bits per heavy atom. The minimum absolute atomic E-state index is 0.00296. The van der Waals surface area contributed by atoms with Crippen LogP contribution in [0.25, 0.3) is 0 Å². The lowest BCUT2D eigenvalue weighted by Crippen LogP contribution is -2.59. The van der Waals surface area contributed by atoms with Gasteiger partial charge in [0.2, 0.25) is 17.7 Å². The Balaban J connectivity index is 3.07. The number of carboxylic acids is 2. The van der Waals surface area contributed by atoms with Gasteiger partial charge >= 0.3 is 11.9 Å². The number of phenols is 1. The summed E-state index contributed by atoms with van der Waals surface area (Å²) < 4.78 is 0. The van der Waals surface area contributed by atoms with Crippen molar-refractivity contribution in [3.8, 4) is 5.75 Å². The first-order chi connectivity index (χ1) is 16.3. The molecular weight excluding hydrogens is 480 g/mol. The maximum atomic E-state index is 13.1. The molecule has 0 radical (unpaired) electrons. The Hall–Kier alpha value is -3.32. The first-order valence-electron chi connectivity index (χ1n) is 10.9. The van der Waals surface area contributed by atoms with Crippen molar-refractivity contribution in [2.24, 2.45) is 11.7 Å². The molecule has 0 fully saturated rings. The third-order valence-electron chi connectivity index (χ3n) is 5.06. The number of aliphatic carboxylic acids is 2. The van der Waals surface area contributed by atoms with E-state index in [4.69, 9.17) is 15.9 Å². The zero-order chi connectivity index (χ0) is 26.7. The van der Waals surface area contributed by atoms with Gasteiger partial charge in [-0.05, 0) is 30.0 Å². The van der Waals surface area contributed by atoms with Gasteiger partial charge in [0.1, 0.15) is 23.9 Å². The maximum Gasteiger partial charge on any atom is 0.327 e. The van der Waals surface area contributed by atoms with Crippen LogP contribution in [0.5, 0.6) is 5.75 Å². The molecule has 4 atom stereocenters. The average molecular weight is 513 g/mol. The summed E-state index contributed by atoms with van der Waals surface area (Å²) in [6.07, 6.45) is -0.509. The molecule has 35 heavy (non-hydrogen) atoms. The van der Waals surface area contributed by atoms with Crippen molar-refractivity contribution in [2.45, 2.75) is 57.3 Å². The SMILES string of the molecule is CC(C)C(NC(=O)C(Cc1ccc(O)cc1)NC(=O)C(N)CCC(=O)O)C(=O)NC(CS)C(=O)O. The summed E-state index contributed by atoms with van der Waals surface area (Å²) in [6, 6.07) is 1.13. The topological polar surface area (TPSA) is 208 Å². The van der Waals surface area contributed by atoms with Crippen LogP contribution in [-0.2, 0) is 30.4 Å². The Labute approximate surface area is 208 Å². The molecule has 0 aliphatic heterocycles. The summed E-state index contributed by atoms with van der Waals surface area (Å²) in [4.78, 5) is 60.3. The summed E-state index contributed by atoms with van der Waals surface area (Å²) >= 11 is 3.90. The van der Waals surface area contributed by atoms with Crippen LogP contribution in [0.15, 0.2) is 24.3 Å². The van der Waals surface area contributed by atoms with Crippen molar-refractivity contribution in [1.82, 2.24) is 16.0 Å². The highest BCUT2D eigenvalue weighted by molar-refractivity contribution is 7.80. The van der Waals surface area contributed by atoms with E-state index in [0.29, 0.717) is 5.56 Å². The van der Waals surface area contributed by atoms with Crippen LogP contribution in [0.2, 0.25) is 0 Å². The Bertz CT molecular complexity index is 909. The van der Waals surface area contributed by atoms with Crippen LogP contribution in [0.3, 0.4) is 0 Å². The lowest BCUT2D eigenvalue weighted by atomic mass is 10.00. The monoisotopic (exact) mass is 512 g/mol. The zero-order valence-electron chi connectivity index (χ0n) is 19.4. The highest BCUT2D eigenvalue weighted by Gasteiger charge is 2.31. The van der Waals surface area contributed by atoms with Gasteiger partial charge in [-0.25, -0.2) is 4.79 Å². The molecule has 0 saturated heterocycles. The third-order valence-corrected chi connectivity index (χ3v) is 5.42. The van der Waals surface area contributed by atoms with Crippen molar-refractivity contribution >= 4 is 42.3 Å². The minimum Gasteiger partial charge on any atom is -0.508 e. The van der Waals surface area contributed by atoms with Gasteiger partial charge in [0.05, 0.1) is 6.04 Å². The van der Waals surface area contributed by atoms with Crippen LogP contribution >= 0.6 is 12.6 Å². The maximum absolute atomic E-state index is 13.1. The molecular formula is C22H32N4O8S. The van der Waals surface area contributed by atoms with Gasteiger partial charge in [-0.1, -0.05) is 26.0 Å². The van der Waals surface area contributed by atoms with Crippen LogP contribution in [-0.4, -0.2) is 74.9 Å². The number of nitrogens with two attached hydrogens (primary N) is 1. The molecule has 0 spiro atoms. The molecule has 1 rings (SSSR count). The Kier molecular flexibility index (Phi) is 12.0. The fraction of sp³-hybridized carbons (Fsp3) is 0.500. The molecule has 3 amide bonds. The van der Waals surface area contributed by atoms with E-state index in [1.54, 1.807) is 26.0 Å². The molecule has 0 aromatic heterocycles. The molecule has 0 aliphatic carbocycles. The number of hydrogen-bond acceptors (Lipinski definition) is 8. The number of aromatic hydroxyl groups is 1. The highest BCUT2D eigenvalue weighted by atomic mass is 32.1. The van der Waals surface area contributed by atoms with Gasteiger partial charge < -0.3 is 37.0 Å². The molecule has 13 heteroatoms. The van der Waals surface area contributed by atoms with E-state index in [2.05, 4.69) is 28.6 Å². The van der Waals surface area contributed by atoms with Crippen molar-refractivity contribution in [2.75, 3.05) is 5.75 Å². The van der Waals surface area contributed by atoms with Gasteiger partial charge in [0, 0.05) is 18.6 Å². The summed E-state index contributed by atoms with van der Waals surface area (Å²) in [5.74, 6) is -5.22. The Morgan fingerprint density at radius 1 is 0.914 bits per heavy atom. The average Bonchev–Trinajstić information content (AvgIpc) is 2.79. The number of carbonyl (C=O) groups excluding carboxylic acids is 3. The minimum atomic E-state index is -1.28. The lowest BCUT2D eigenvalue weighted by molar-refractivity contribution is -0.142. The number of carbonyl (C=O) groups is 5. The number of amides is 3. The van der Waals surface area contributed by atoms with Gasteiger partial charge in [0.15, 0.2) is 0 Å².